The molecule has 1 N–H and O–H groups in total. The molecule has 0 saturated heterocycles. The van der Waals surface area contributed by atoms with Crippen molar-refractivity contribution in [2.45, 2.75) is 92.7 Å². The van der Waals surface area contributed by atoms with Crippen LogP contribution >= 0.6 is 0 Å². The number of nitrogens with zero attached hydrogens (tertiary/aromatic N) is 3. The summed E-state index contributed by atoms with van der Waals surface area (Å²) in [6.45, 7) is 15.4. The van der Waals surface area contributed by atoms with Crippen molar-refractivity contribution in [3.8, 4) is 0 Å². The number of nitrogens with one attached hydrogen (secondary N) is 1. The number of hydrogen-bond donors (Lipinski definition) is 1. The highest BCUT2D eigenvalue weighted by molar-refractivity contribution is 5.76. The zero-order valence-corrected chi connectivity index (χ0v) is 34.9. The van der Waals surface area contributed by atoms with Gasteiger partial charge in [0, 0.05) is 32.7 Å². The molecule has 1 aromatic carbocycles. The fraction of sp³-hybridized carbons (Fsp3) is 0.700. The lowest BCUT2D eigenvalue weighted by Crippen LogP contribution is -2.50. The number of rotatable bonds is 28. The average molecular weight is 795 g/mol. The third-order valence-corrected chi connectivity index (χ3v) is 8.09. The summed E-state index contributed by atoms with van der Waals surface area (Å²) in [6.07, 6.45) is 1.86. The minimum atomic E-state index is -0.729. The van der Waals surface area contributed by atoms with E-state index < -0.39 is 47.6 Å². The lowest BCUT2D eigenvalue weighted by atomic mass is 10.0. The van der Waals surface area contributed by atoms with Crippen LogP contribution in [0.1, 0.15) is 79.4 Å². The molecule has 1 rings (SSSR count). The Labute approximate surface area is 332 Å². The van der Waals surface area contributed by atoms with Crippen LogP contribution in [0.4, 0.5) is 4.79 Å². The molecule has 0 aliphatic rings. The molecule has 0 fully saturated rings. The molecule has 0 heterocycles. The summed E-state index contributed by atoms with van der Waals surface area (Å²) in [5.41, 5.74) is 1.54. The molecule has 0 bridgehead atoms. The van der Waals surface area contributed by atoms with Gasteiger partial charge in [-0.25, -0.2) is 4.79 Å². The SMILES string of the molecule is CCOC(=O)CN(CCN(CCN(CC(=O)OCC)CC(=O)OCC)C(CCCc1ccc(CCNC(=O)OC(C)(C)C)cc1)C(=O)OCC)CC(=O)OCC. The van der Waals surface area contributed by atoms with E-state index >= 15 is 0 Å². The number of benzene rings is 1. The van der Waals surface area contributed by atoms with Crippen LogP contribution in [0, 0.1) is 0 Å². The molecule has 1 amide bonds. The van der Waals surface area contributed by atoms with E-state index in [2.05, 4.69) is 5.32 Å². The quantitative estimate of drug-likeness (QED) is 0.0965. The second-order valence-corrected chi connectivity index (χ2v) is 13.8. The third-order valence-electron chi connectivity index (χ3n) is 8.09. The van der Waals surface area contributed by atoms with Gasteiger partial charge in [0.2, 0.25) is 0 Å². The summed E-state index contributed by atoms with van der Waals surface area (Å²) < 4.78 is 31.4. The Hall–Kier alpha value is -4.28. The monoisotopic (exact) mass is 794 g/mol. The van der Waals surface area contributed by atoms with Gasteiger partial charge in [-0.3, -0.25) is 38.7 Å². The van der Waals surface area contributed by atoms with E-state index in [0.717, 1.165) is 11.1 Å². The van der Waals surface area contributed by atoms with Crippen molar-refractivity contribution in [2.24, 2.45) is 0 Å². The van der Waals surface area contributed by atoms with Gasteiger partial charge >= 0.3 is 35.9 Å². The van der Waals surface area contributed by atoms with E-state index in [1.54, 1.807) is 44.4 Å². The molecule has 0 aliphatic carbocycles. The minimum Gasteiger partial charge on any atom is -0.465 e. The van der Waals surface area contributed by atoms with Gasteiger partial charge in [0.05, 0.1) is 59.2 Å². The molecule has 0 aliphatic heterocycles. The van der Waals surface area contributed by atoms with Crippen LogP contribution in [0.2, 0.25) is 0 Å². The Balaban J connectivity index is 3.25. The zero-order chi connectivity index (χ0) is 41.9. The molecule has 0 radical (unpaired) electrons. The van der Waals surface area contributed by atoms with Crippen LogP contribution in [-0.4, -0.2) is 154 Å². The summed E-state index contributed by atoms with van der Waals surface area (Å²) in [5.74, 6) is -2.47. The number of esters is 5. The van der Waals surface area contributed by atoms with Gasteiger partial charge in [-0.1, -0.05) is 24.3 Å². The number of amides is 1. The average Bonchev–Trinajstić information content (AvgIpc) is 3.10. The Bertz CT molecular complexity index is 1250. The fourth-order valence-corrected chi connectivity index (χ4v) is 5.63. The van der Waals surface area contributed by atoms with Crippen molar-refractivity contribution >= 4 is 35.9 Å². The molecular formula is C40H66N4O12. The molecule has 56 heavy (non-hydrogen) atoms. The van der Waals surface area contributed by atoms with E-state index in [0.29, 0.717) is 32.2 Å². The molecule has 0 aromatic heterocycles. The van der Waals surface area contributed by atoms with Crippen molar-refractivity contribution in [2.75, 3.05) is 91.9 Å². The molecule has 1 atom stereocenters. The highest BCUT2D eigenvalue weighted by atomic mass is 16.6. The molecule has 1 unspecified atom stereocenters. The first-order valence-electron chi connectivity index (χ1n) is 19.7. The first-order valence-corrected chi connectivity index (χ1v) is 19.7. The number of aryl methyl sites for hydroxylation is 1. The van der Waals surface area contributed by atoms with E-state index in [9.17, 15) is 28.8 Å². The summed E-state index contributed by atoms with van der Waals surface area (Å²) in [6, 6.07) is 7.32. The molecular weight excluding hydrogens is 728 g/mol. The van der Waals surface area contributed by atoms with Gasteiger partial charge in [-0.2, -0.15) is 0 Å². The first-order chi connectivity index (χ1) is 26.6. The van der Waals surface area contributed by atoms with Crippen molar-refractivity contribution in [3.63, 3.8) is 0 Å². The Morgan fingerprint density at radius 3 is 1.36 bits per heavy atom. The first kappa shape index (κ1) is 49.7. The molecule has 1 aromatic rings. The van der Waals surface area contributed by atoms with E-state index in [-0.39, 0.29) is 85.4 Å². The second-order valence-electron chi connectivity index (χ2n) is 13.8. The summed E-state index contributed by atoms with van der Waals surface area (Å²) in [4.78, 5) is 80.7. The maximum Gasteiger partial charge on any atom is 0.407 e. The highest BCUT2D eigenvalue weighted by Gasteiger charge is 2.29. The Kier molecular flexibility index (Phi) is 25.0. The number of alkyl carbamates (subject to hydrolysis) is 1. The summed E-state index contributed by atoms with van der Waals surface area (Å²) in [5, 5.41) is 2.77. The maximum absolute atomic E-state index is 13.6. The molecule has 0 spiro atoms. The minimum absolute atomic E-state index is 0.156. The van der Waals surface area contributed by atoms with E-state index in [1.807, 2.05) is 49.9 Å². The number of carbonyl (C=O) groups excluding carboxylic acids is 6. The molecule has 318 valence electrons. The fourth-order valence-electron chi connectivity index (χ4n) is 5.63. The normalized spacial score (nSPS) is 11.9. The van der Waals surface area contributed by atoms with Gasteiger partial charge in [0.25, 0.3) is 0 Å². The number of ether oxygens (including phenoxy) is 6. The van der Waals surface area contributed by atoms with Gasteiger partial charge in [-0.15, -0.1) is 0 Å². The second kappa shape index (κ2) is 28.2. The third kappa shape index (κ3) is 22.9. The number of carbonyl (C=O) groups is 6. The largest absolute Gasteiger partial charge is 0.465 e. The molecule has 0 saturated carbocycles. The lowest BCUT2D eigenvalue weighted by molar-refractivity contribution is -0.152. The Morgan fingerprint density at radius 1 is 0.589 bits per heavy atom. The van der Waals surface area contributed by atoms with Crippen molar-refractivity contribution in [1.29, 1.82) is 0 Å². The van der Waals surface area contributed by atoms with Crippen LogP contribution < -0.4 is 5.32 Å². The summed E-state index contributed by atoms with van der Waals surface area (Å²) >= 11 is 0. The van der Waals surface area contributed by atoms with Crippen molar-refractivity contribution in [3.05, 3.63) is 35.4 Å². The number of hydrogen-bond acceptors (Lipinski definition) is 15. The smallest absolute Gasteiger partial charge is 0.407 e. The van der Waals surface area contributed by atoms with Crippen molar-refractivity contribution < 1.29 is 57.2 Å². The topological polar surface area (TPSA) is 180 Å². The standard InChI is InChI=1S/C40H66N4O12/c1-9-51-34(45)27-42(28-35(46)52-10-2)23-25-44(26-24-43(29-36(47)53-11-3)30-37(48)54-12-4)33(38(49)55-13-5)16-14-15-31-17-19-32(20-18-31)21-22-41-39(50)56-40(6,7)8/h17-20,33H,9-16,21-30H2,1-8H3,(H,41,50). The van der Waals surface area contributed by atoms with Gasteiger partial charge in [0.15, 0.2) is 0 Å². The predicted octanol–water partition coefficient (Wildman–Crippen LogP) is 3.17. The van der Waals surface area contributed by atoms with Crippen LogP contribution in [0.15, 0.2) is 24.3 Å². The molecule has 16 nitrogen and oxygen atoms in total. The maximum atomic E-state index is 13.6. The van der Waals surface area contributed by atoms with Crippen LogP contribution in [0.25, 0.3) is 0 Å². The zero-order valence-electron chi connectivity index (χ0n) is 34.9. The lowest BCUT2D eigenvalue weighted by Gasteiger charge is -2.33. The van der Waals surface area contributed by atoms with Crippen LogP contribution in [-0.2, 0) is 65.2 Å². The van der Waals surface area contributed by atoms with Gasteiger partial charge in [-0.05, 0) is 92.2 Å². The molecule has 16 heteroatoms. The van der Waals surface area contributed by atoms with E-state index in [4.69, 9.17) is 28.4 Å². The van der Waals surface area contributed by atoms with Gasteiger partial charge in [0.1, 0.15) is 11.6 Å². The highest BCUT2D eigenvalue weighted by Crippen LogP contribution is 2.16. The summed E-state index contributed by atoms with van der Waals surface area (Å²) in [7, 11) is 0. The van der Waals surface area contributed by atoms with E-state index in [1.165, 1.54) is 0 Å². The van der Waals surface area contributed by atoms with Crippen LogP contribution in [0.5, 0.6) is 0 Å². The predicted molar refractivity (Wildman–Crippen MR) is 209 cm³/mol. The Morgan fingerprint density at radius 2 is 0.982 bits per heavy atom. The van der Waals surface area contributed by atoms with Crippen molar-refractivity contribution in [1.82, 2.24) is 20.0 Å². The van der Waals surface area contributed by atoms with Gasteiger partial charge < -0.3 is 33.7 Å². The van der Waals surface area contributed by atoms with Crippen LogP contribution in [0.3, 0.4) is 0 Å².